The molecule has 0 aromatic rings. The van der Waals surface area contributed by atoms with Crippen LogP contribution in [0.4, 0.5) is 0 Å². The van der Waals surface area contributed by atoms with Gasteiger partial charge in [-0.1, -0.05) is 30.2 Å². The van der Waals surface area contributed by atoms with Gasteiger partial charge in [0.05, 0.1) is 18.4 Å². The first-order valence-electron chi connectivity index (χ1n) is 4.39. The number of rotatable bonds is 1. The van der Waals surface area contributed by atoms with Gasteiger partial charge in [0.25, 0.3) is 0 Å². The summed E-state index contributed by atoms with van der Waals surface area (Å²) in [6.07, 6.45) is 12.2. The zero-order valence-corrected chi connectivity index (χ0v) is 7.51. The lowest BCUT2D eigenvalue weighted by Crippen LogP contribution is -2.31. The Labute approximate surface area is 82.1 Å². The maximum atomic E-state index is 11.7. The molecule has 2 unspecified atom stereocenters. The third-order valence-electron chi connectivity index (χ3n) is 2.49. The van der Waals surface area contributed by atoms with Gasteiger partial charge in [0.1, 0.15) is 0 Å². The van der Waals surface area contributed by atoms with Gasteiger partial charge < -0.3 is 0 Å². The van der Waals surface area contributed by atoms with Gasteiger partial charge in [-0.05, 0) is 0 Å². The highest BCUT2D eigenvalue weighted by Crippen LogP contribution is 2.30. The molecule has 0 spiro atoms. The summed E-state index contributed by atoms with van der Waals surface area (Å²) in [4.78, 5) is 24.5. The van der Waals surface area contributed by atoms with Crippen LogP contribution in [0.15, 0.2) is 24.3 Å². The van der Waals surface area contributed by atoms with Gasteiger partial charge in [-0.15, -0.1) is 6.42 Å². The highest BCUT2D eigenvalue weighted by molar-refractivity contribution is 6.07. The van der Waals surface area contributed by atoms with Crippen LogP contribution in [0.1, 0.15) is 0 Å². The third kappa shape index (κ3) is 1.08. The summed E-state index contributed by atoms with van der Waals surface area (Å²) in [5.41, 5.74) is 0. The van der Waals surface area contributed by atoms with Crippen LogP contribution in [-0.4, -0.2) is 23.3 Å². The first kappa shape index (κ1) is 8.76. The van der Waals surface area contributed by atoms with Crippen molar-refractivity contribution in [1.82, 2.24) is 4.90 Å². The van der Waals surface area contributed by atoms with E-state index in [-0.39, 0.29) is 30.2 Å². The van der Waals surface area contributed by atoms with E-state index in [0.717, 1.165) is 4.90 Å². The Kier molecular flexibility index (Phi) is 1.97. The molecule has 1 aliphatic carbocycles. The van der Waals surface area contributed by atoms with Gasteiger partial charge in [-0.3, -0.25) is 14.5 Å². The molecule has 0 saturated carbocycles. The molecule has 1 fully saturated rings. The molecule has 0 radical (unpaired) electrons. The predicted molar refractivity (Wildman–Crippen MR) is 50.8 cm³/mol. The molecular formula is C11H9NO2. The predicted octanol–water partition coefficient (Wildman–Crippen LogP) is 0.347. The largest absolute Gasteiger partial charge is 0.274 e. The van der Waals surface area contributed by atoms with Crippen LogP contribution in [-0.2, 0) is 9.59 Å². The minimum atomic E-state index is -0.333. The van der Waals surface area contributed by atoms with Crippen molar-refractivity contribution < 1.29 is 9.59 Å². The van der Waals surface area contributed by atoms with Crippen molar-refractivity contribution in [3.05, 3.63) is 24.3 Å². The van der Waals surface area contributed by atoms with Crippen LogP contribution >= 0.6 is 0 Å². The van der Waals surface area contributed by atoms with Crippen LogP contribution in [0.25, 0.3) is 0 Å². The van der Waals surface area contributed by atoms with Crippen molar-refractivity contribution in [3.63, 3.8) is 0 Å². The second-order valence-electron chi connectivity index (χ2n) is 3.29. The van der Waals surface area contributed by atoms with Crippen LogP contribution in [0.3, 0.4) is 0 Å². The van der Waals surface area contributed by atoms with Crippen LogP contribution in [0, 0.1) is 24.2 Å². The third-order valence-corrected chi connectivity index (χ3v) is 2.49. The Hall–Kier alpha value is -1.82. The summed E-state index contributed by atoms with van der Waals surface area (Å²) in [7, 11) is 0. The molecule has 0 aromatic carbocycles. The van der Waals surface area contributed by atoms with E-state index in [1.807, 2.05) is 0 Å². The van der Waals surface area contributed by atoms with E-state index < -0.39 is 0 Å². The van der Waals surface area contributed by atoms with Gasteiger partial charge in [-0.2, -0.15) is 0 Å². The zero-order chi connectivity index (χ0) is 10.1. The maximum absolute atomic E-state index is 11.7. The van der Waals surface area contributed by atoms with Crippen LogP contribution in [0.2, 0.25) is 0 Å². The minimum Gasteiger partial charge on any atom is -0.274 e. The number of carbonyl (C=O) groups is 2. The number of nitrogens with zero attached hydrogens (tertiary/aromatic N) is 1. The Morgan fingerprint density at radius 2 is 1.71 bits per heavy atom. The van der Waals surface area contributed by atoms with E-state index in [9.17, 15) is 9.59 Å². The lowest BCUT2D eigenvalue weighted by atomic mass is 9.91. The highest BCUT2D eigenvalue weighted by Gasteiger charge is 2.44. The fourth-order valence-corrected chi connectivity index (χ4v) is 1.79. The van der Waals surface area contributed by atoms with Crippen molar-refractivity contribution in [2.75, 3.05) is 6.54 Å². The van der Waals surface area contributed by atoms with Crippen molar-refractivity contribution in [3.8, 4) is 12.3 Å². The second-order valence-corrected chi connectivity index (χ2v) is 3.29. The summed E-state index contributed by atoms with van der Waals surface area (Å²) < 4.78 is 0. The number of fused-ring (bicyclic) bond motifs is 1. The van der Waals surface area contributed by atoms with Crippen molar-refractivity contribution in [2.45, 2.75) is 0 Å². The van der Waals surface area contributed by atoms with Crippen molar-refractivity contribution >= 4 is 11.8 Å². The zero-order valence-electron chi connectivity index (χ0n) is 7.51. The molecule has 2 rings (SSSR count). The molecule has 3 heteroatoms. The van der Waals surface area contributed by atoms with Gasteiger partial charge in [0.15, 0.2) is 0 Å². The molecule has 0 N–H and O–H groups in total. The number of allylic oxidation sites excluding steroid dienone is 2. The molecular weight excluding hydrogens is 178 g/mol. The number of likely N-dealkylation sites (tertiary alicyclic amines) is 1. The van der Waals surface area contributed by atoms with Gasteiger partial charge >= 0.3 is 0 Å². The smallest absolute Gasteiger partial charge is 0.238 e. The molecule has 1 aliphatic heterocycles. The molecule has 14 heavy (non-hydrogen) atoms. The number of carbonyl (C=O) groups excluding carboxylic acids is 2. The SMILES string of the molecule is C#CCN1C(=O)C2C=CC=CC2C1=O. The minimum absolute atomic E-state index is 0.0757. The monoisotopic (exact) mass is 187 g/mol. The number of imide groups is 1. The van der Waals surface area contributed by atoms with Crippen molar-refractivity contribution in [1.29, 1.82) is 0 Å². The molecule has 2 aliphatic rings. The summed E-state index contributed by atoms with van der Waals surface area (Å²) >= 11 is 0. The number of amides is 2. The van der Waals surface area contributed by atoms with Crippen LogP contribution < -0.4 is 0 Å². The maximum Gasteiger partial charge on any atom is 0.238 e. The molecule has 1 heterocycles. The lowest BCUT2D eigenvalue weighted by Gasteiger charge is -2.08. The molecule has 2 amide bonds. The molecule has 0 bridgehead atoms. The van der Waals surface area contributed by atoms with E-state index in [1.54, 1.807) is 24.3 Å². The van der Waals surface area contributed by atoms with E-state index >= 15 is 0 Å². The number of terminal acetylenes is 1. The van der Waals surface area contributed by atoms with E-state index in [2.05, 4.69) is 5.92 Å². The molecule has 0 aromatic heterocycles. The fourth-order valence-electron chi connectivity index (χ4n) is 1.79. The summed E-state index contributed by atoms with van der Waals surface area (Å²) in [5, 5.41) is 0. The van der Waals surface area contributed by atoms with Gasteiger partial charge in [0, 0.05) is 0 Å². The Morgan fingerprint density at radius 1 is 1.21 bits per heavy atom. The average molecular weight is 187 g/mol. The summed E-state index contributed by atoms with van der Waals surface area (Å²) in [6.45, 7) is 0.0757. The van der Waals surface area contributed by atoms with Crippen LogP contribution in [0.5, 0.6) is 0 Å². The number of hydrogen-bond acceptors (Lipinski definition) is 2. The Balaban J connectivity index is 2.31. The topological polar surface area (TPSA) is 37.4 Å². The Morgan fingerprint density at radius 3 is 2.14 bits per heavy atom. The summed E-state index contributed by atoms with van der Waals surface area (Å²) in [5.74, 6) is 1.29. The highest BCUT2D eigenvalue weighted by atomic mass is 16.2. The van der Waals surface area contributed by atoms with E-state index in [4.69, 9.17) is 6.42 Å². The summed E-state index contributed by atoms with van der Waals surface area (Å²) in [6, 6.07) is 0. The van der Waals surface area contributed by atoms with E-state index in [1.165, 1.54) is 0 Å². The first-order chi connectivity index (χ1) is 6.75. The van der Waals surface area contributed by atoms with Gasteiger partial charge in [-0.25, -0.2) is 0 Å². The average Bonchev–Trinajstić information content (AvgIpc) is 2.45. The van der Waals surface area contributed by atoms with Gasteiger partial charge in [0.2, 0.25) is 11.8 Å². The first-order valence-corrected chi connectivity index (χ1v) is 4.39. The fraction of sp³-hybridized carbons (Fsp3) is 0.273. The molecule has 3 nitrogen and oxygen atoms in total. The molecule has 1 saturated heterocycles. The van der Waals surface area contributed by atoms with Crippen molar-refractivity contribution in [2.24, 2.45) is 11.8 Å². The molecule has 2 atom stereocenters. The normalized spacial score (nSPS) is 29.2. The standard InChI is InChI=1S/C11H9NO2/c1-2-7-12-10(13)8-5-3-4-6-9(8)11(12)14/h1,3-6,8-9H,7H2. The lowest BCUT2D eigenvalue weighted by molar-refractivity contribution is -0.138. The second kappa shape index (κ2) is 3.15. The van der Waals surface area contributed by atoms with E-state index in [0.29, 0.717) is 0 Å². The Bertz CT molecular complexity index is 357. The quantitative estimate of drug-likeness (QED) is 0.438. The molecule has 70 valence electrons. The number of hydrogen-bond donors (Lipinski definition) is 0.